The third kappa shape index (κ3) is 1.14. The van der Waals surface area contributed by atoms with Gasteiger partial charge in [-0.2, -0.15) is 0 Å². The molecule has 0 saturated carbocycles. The van der Waals surface area contributed by atoms with Crippen LogP contribution in [0.3, 0.4) is 0 Å². The molecule has 5 nitrogen and oxygen atoms in total. The monoisotopic (exact) mass is 177 g/mol. The molecular weight excluding hydrogens is 170 g/mol. The van der Waals surface area contributed by atoms with Gasteiger partial charge >= 0.3 is 0 Å². The maximum absolute atomic E-state index is 11.2. The van der Waals surface area contributed by atoms with Gasteiger partial charge < -0.3 is 9.97 Å². The first-order valence-corrected chi connectivity index (χ1v) is 3.76. The summed E-state index contributed by atoms with van der Waals surface area (Å²) in [6.07, 6.45) is 1.31. The van der Waals surface area contributed by atoms with Gasteiger partial charge in [0.1, 0.15) is 5.52 Å². The molecule has 0 atom stereocenters. The molecule has 13 heavy (non-hydrogen) atoms. The molecule has 2 rings (SSSR count). The summed E-state index contributed by atoms with van der Waals surface area (Å²) < 4.78 is 0. The molecule has 0 unspecified atom stereocenters. The lowest BCUT2D eigenvalue weighted by molar-refractivity contribution is 0.101. The summed E-state index contributed by atoms with van der Waals surface area (Å²) >= 11 is 0. The van der Waals surface area contributed by atoms with Crippen molar-refractivity contribution < 1.29 is 4.79 Å². The maximum Gasteiger partial charge on any atom is 0.275 e. The van der Waals surface area contributed by atoms with Crippen LogP contribution >= 0.6 is 0 Å². The summed E-state index contributed by atoms with van der Waals surface area (Å²) in [5, 5.41) is 0. The Hall–Kier alpha value is -1.91. The zero-order valence-electron chi connectivity index (χ0n) is 6.92. The molecule has 2 aromatic rings. The van der Waals surface area contributed by atoms with Crippen molar-refractivity contribution in [1.29, 1.82) is 0 Å². The van der Waals surface area contributed by atoms with Gasteiger partial charge in [-0.25, -0.2) is 4.98 Å². The topological polar surface area (TPSA) is 78.6 Å². The van der Waals surface area contributed by atoms with Crippen molar-refractivity contribution in [2.24, 2.45) is 0 Å². The van der Waals surface area contributed by atoms with E-state index in [1.54, 1.807) is 6.07 Å². The minimum Gasteiger partial charge on any atom is -0.346 e. The van der Waals surface area contributed by atoms with Crippen LogP contribution in [0, 0.1) is 0 Å². The predicted molar refractivity (Wildman–Crippen MR) is 46.7 cm³/mol. The first kappa shape index (κ1) is 7.72. The van der Waals surface area contributed by atoms with Crippen molar-refractivity contribution >= 4 is 16.8 Å². The highest BCUT2D eigenvalue weighted by molar-refractivity contribution is 5.96. The van der Waals surface area contributed by atoms with E-state index in [9.17, 15) is 9.59 Å². The maximum atomic E-state index is 11.2. The molecule has 2 heterocycles. The first-order valence-electron chi connectivity index (χ1n) is 3.76. The lowest BCUT2D eigenvalue weighted by Gasteiger charge is -1.84. The van der Waals surface area contributed by atoms with Crippen LogP contribution in [-0.4, -0.2) is 20.7 Å². The number of carbonyl (C=O) groups is 1. The van der Waals surface area contributed by atoms with E-state index in [-0.39, 0.29) is 11.3 Å². The van der Waals surface area contributed by atoms with E-state index in [1.807, 2.05) is 0 Å². The SMILES string of the molecule is CC(=O)c1cc2nc[nH]c(=O)c2[nH]1. The van der Waals surface area contributed by atoms with E-state index in [0.29, 0.717) is 16.7 Å². The Balaban J connectivity index is 2.83. The number of nitrogens with one attached hydrogen (secondary N) is 2. The van der Waals surface area contributed by atoms with Crippen LogP contribution in [0.1, 0.15) is 17.4 Å². The Morgan fingerprint density at radius 3 is 2.92 bits per heavy atom. The van der Waals surface area contributed by atoms with Crippen LogP contribution in [0.5, 0.6) is 0 Å². The summed E-state index contributed by atoms with van der Waals surface area (Å²) in [6.45, 7) is 1.43. The number of carbonyl (C=O) groups excluding carboxylic acids is 1. The lowest BCUT2D eigenvalue weighted by atomic mass is 10.3. The van der Waals surface area contributed by atoms with Crippen molar-refractivity contribution in [3.8, 4) is 0 Å². The number of rotatable bonds is 1. The summed E-state index contributed by atoms with van der Waals surface area (Å²) in [7, 11) is 0. The number of fused-ring (bicyclic) bond motifs is 1. The van der Waals surface area contributed by atoms with Gasteiger partial charge in [-0.1, -0.05) is 0 Å². The number of ketones is 1. The van der Waals surface area contributed by atoms with Gasteiger partial charge in [-0.05, 0) is 6.07 Å². The van der Waals surface area contributed by atoms with Crippen molar-refractivity contribution in [3.05, 3.63) is 28.4 Å². The van der Waals surface area contributed by atoms with E-state index in [4.69, 9.17) is 0 Å². The largest absolute Gasteiger partial charge is 0.346 e. The molecule has 0 aromatic carbocycles. The molecule has 0 fully saturated rings. The van der Waals surface area contributed by atoms with Crippen LogP contribution in [-0.2, 0) is 0 Å². The molecule has 0 amide bonds. The summed E-state index contributed by atoms with van der Waals surface area (Å²) in [6, 6.07) is 1.56. The van der Waals surface area contributed by atoms with Crippen LogP contribution in [0.4, 0.5) is 0 Å². The van der Waals surface area contributed by atoms with E-state index in [1.165, 1.54) is 13.3 Å². The molecular formula is C8H7N3O2. The molecule has 0 aliphatic carbocycles. The third-order valence-electron chi connectivity index (χ3n) is 1.80. The Morgan fingerprint density at radius 1 is 1.54 bits per heavy atom. The Kier molecular flexibility index (Phi) is 1.51. The number of H-pyrrole nitrogens is 2. The fourth-order valence-electron chi connectivity index (χ4n) is 1.14. The number of hydrogen-bond acceptors (Lipinski definition) is 3. The van der Waals surface area contributed by atoms with Crippen molar-refractivity contribution in [1.82, 2.24) is 15.0 Å². The van der Waals surface area contributed by atoms with Crippen molar-refractivity contribution in [3.63, 3.8) is 0 Å². The minimum absolute atomic E-state index is 0.114. The van der Waals surface area contributed by atoms with Crippen LogP contribution in [0.2, 0.25) is 0 Å². The van der Waals surface area contributed by atoms with Crippen LogP contribution < -0.4 is 5.56 Å². The zero-order chi connectivity index (χ0) is 9.42. The number of aromatic nitrogens is 3. The summed E-state index contributed by atoms with van der Waals surface area (Å²) in [5.74, 6) is -0.114. The molecule has 66 valence electrons. The second-order valence-corrected chi connectivity index (χ2v) is 2.73. The molecule has 0 spiro atoms. The number of nitrogens with zero attached hydrogens (tertiary/aromatic N) is 1. The Morgan fingerprint density at radius 2 is 2.31 bits per heavy atom. The second kappa shape index (κ2) is 2.55. The van der Waals surface area contributed by atoms with Gasteiger partial charge in [0.2, 0.25) is 0 Å². The summed E-state index contributed by atoms with van der Waals surface area (Å²) in [4.78, 5) is 31.2. The van der Waals surface area contributed by atoms with Gasteiger partial charge in [-0.3, -0.25) is 9.59 Å². The number of aromatic amines is 2. The normalized spacial score (nSPS) is 10.5. The molecule has 2 aromatic heterocycles. The minimum atomic E-state index is -0.266. The molecule has 0 saturated heterocycles. The highest BCUT2D eigenvalue weighted by Gasteiger charge is 2.07. The molecule has 0 bridgehead atoms. The average Bonchev–Trinajstić information content (AvgIpc) is 2.49. The molecule has 0 aliphatic heterocycles. The highest BCUT2D eigenvalue weighted by Crippen LogP contribution is 2.07. The fraction of sp³-hybridized carbons (Fsp3) is 0.125. The number of hydrogen-bond donors (Lipinski definition) is 2. The van der Waals surface area contributed by atoms with Crippen molar-refractivity contribution in [2.45, 2.75) is 6.92 Å². The Bertz CT molecular complexity index is 523. The molecule has 0 aliphatic rings. The second-order valence-electron chi connectivity index (χ2n) is 2.73. The van der Waals surface area contributed by atoms with Gasteiger partial charge in [-0.15, -0.1) is 0 Å². The molecule has 0 radical (unpaired) electrons. The predicted octanol–water partition coefficient (Wildman–Crippen LogP) is 0.454. The van der Waals surface area contributed by atoms with Crippen LogP contribution in [0.15, 0.2) is 17.2 Å². The fourth-order valence-corrected chi connectivity index (χ4v) is 1.14. The molecule has 2 N–H and O–H groups in total. The van der Waals surface area contributed by atoms with Crippen LogP contribution in [0.25, 0.3) is 11.0 Å². The standard InChI is InChI=1S/C8H7N3O2/c1-4(12)5-2-6-7(11-5)8(13)10-3-9-6/h2-3,11H,1H3,(H,9,10,13). The Labute approximate surface area is 72.8 Å². The van der Waals surface area contributed by atoms with E-state index in [2.05, 4.69) is 15.0 Å². The third-order valence-corrected chi connectivity index (χ3v) is 1.80. The van der Waals surface area contributed by atoms with E-state index >= 15 is 0 Å². The van der Waals surface area contributed by atoms with Gasteiger partial charge in [0.15, 0.2) is 5.78 Å². The van der Waals surface area contributed by atoms with Crippen molar-refractivity contribution in [2.75, 3.05) is 0 Å². The van der Waals surface area contributed by atoms with E-state index < -0.39 is 0 Å². The smallest absolute Gasteiger partial charge is 0.275 e. The number of Topliss-reactive ketones (excluding diaryl/α,β-unsaturated/α-hetero) is 1. The lowest BCUT2D eigenvalue weighted by Crippen LogP contribution is -2.05. The zero-order valence-corrected chi connectivity index (χ0v) is 6.92. The van der Waals surface area contributed by atoms with Gasteiger partial charge in [0, 0.05) is 6.92 Å². The van der Waals surface area contributed by atoms with Gasteiger partial charge in [0.25, 0.3) is 5.56 Å². The quantitative estimate of drug-likeness (QED) is 0.621. The highest BCUT2D eigenvalue weighted by atomic mass is 16.1. The van der Waals surface area contributed by atoms with Gasteiger partial charge in [0.05, 0.1) is 17.5 Å². The summed E-state index contributed by atoms with van der Waals surface area (Å²) in [5.41, 5.74) is 0.985. The van der Waals surface area contributed by atoms with E-state index in [0.717, 1.165) is 0 Å². The molecule has 5 heteroatoms. The first-order chi connectivity index (χ1) is 6.18. The average molecular weight is 177 g/mol.